The lowest BCUT2D eigenvalue weighted by atomic mass is 10.1. The third-order valence-electron chi connectivity index (χ3n) is 3.14. The van der Waals surface area contributed by atoms with Gasteiger partial charge in [-0.15, -0.1) is 0 Å². The van der Waals surface area contributed by atoms with Gasteiger partial charge in [0.25, 0.3) is 11.8 Å². The van der Waals surface area contributed by atoms with Crippen LogP contribution in [0.4, 0.5) is 0 Å². The molecule has 0 aliphatic heterocycles. The lowest BCUT2D eigenvalue weighted by Gasteiger charge is -2.07. The van der Waals surface area contributed by atoms with Gasteiger partial charge in [0.15, 0.2) is 0 Å². The van der Waals surface area contributed by atoms with Crippen molar-refractivity contribution in [2.24, 2.45) is 0 Å². The van der Waals surface area contributed by atoms with Gasteiger partial charge in [-0.25, -0.2) is 4.79 Å². The number of ether oxygens (including phenoxy) is 1. The van der Waals surface area contributed by atoms with Crippen LogP contribution in [0.15, 0.2) is 34.7 Å². The highest BCUT2D eigenvalue weighted by molar-refractivity contribution is 6.00. The van der Waals surface area contributed by atoms with Crippen LogP contribution >= 0.6 is 0 Å². The number of carbonyl (C=O) groups is 3. The summed E-state index contributed by atoms with van der Waals surface area (Å²) in [4.78, 5) is 35.2. The number of benzene rings is 1. The Hall–Kier alpha value is -3.09. The summed E-state index contributed by atoms with van der Waals surface area (Å²) in [5.41, 5.74) is 5.58. The third-order valence-corrected chi connectivity index (χ3v) is 3.14. The third kappa shape index (κ3) is 3.76. The molecule has 0 spiro atoms. The molecule has 0 saturated heterocycles. The van der Waals surface area contributed by atoms with Crippen molar-refractivity contribution in [3.05, 3.63) is 58.5 Å². The summed E-state index contributed by atoms with van der Waals surface area (Å²) >= 11 is 0. The van der Waals surface area contributed by atoms with Crippen LogP contribution in [0.3, 0.4) is 0 Å². The van der Waals surface area contributed by atoms with Crippen LogP contribution in [-0.4, -0.2) is 24.9 Å². The monoisotopic (exact) mass is 316 g/mol. The molecular weight excluding hydrogens is 300 g/mol. The van der Waals surface area contributed by atoms with Crippen molar-refractivity contribution in [2.75, 3.05) is 7.11 Å². The Labute approximate surface area is 132 Å². The fourth-order valence-corrected chi connectivity index (χ4v) is 1.98. The second-order valence-electron chi connectivity index (χ2n) is 4.80. The van der Waals surface area contributed by atoms with Gasteiger partial charge < -0.3 is 9.15 Å². The van der Waals surface area contributed by atoms with E-state index in [1.54, 1.807) is 19.9 Å². The van der Waals surface area contributed by atoms with E-state index in [4.69, 9.17) is 4.42 Å². The Morgan fingerprint density at radius 3 is 2.04 bits per heavy atom. The second kappa shape index (κ2) is 6.78. The quantitative estimate of drug-likeness (QED) is 0.664. The van der Waals surface area contributed by atoms with Crippen molar-refractivity contribution in [1.29, 1.82) is 0 Å². The zero-order valence-electron chi connectivity index (χ0n) is 12.9. The minimum Gasteiger partial charge on any atom is -0.466 e. The largest absolute Gasteiger partial charge is 0.466 e. The molecule has 0 saturated carbocycles. The first kappa shape index (κ1) is 16.3. The van der Waals surface area contributed by atoms with E-state index in [2.05, 4.69) is 15.6 Å². The van der Waals surface area contributed by atoms with E-state index < -0.39 is 17.8 Å². The molecule has 1 aromatic carbocycles. The van der Waals surface area contributed by atoms with Gasteiger partial charge in [-0.1, -0.05) is 0 Å². The Balaban J connectivity index is 1.98. The molecule has 0 radical (unpaired) electrons. The first-order valence-electron chi connectivity index (χ1n) is 6.78. The molecule has 1 aromatic heterocycles. The van der Waals surface area contributed by atoms with Crippen LogP contribution < -0.4 is 10.9 Å². The molecule has 2 N–H and O–H groups in total. The average Bonchev–Trinajstić information content (AvgIpc) is 2.90. The van der Waals surface area contributed by atoms with Gasteiger partial charge in [-0.3, -0.25) is 20.4 Å². The highest BCUT2D eigenvalue weighted by Gasteiger charge is 2.15. The molecule has 0 unspecified atom stereocenters. The molecule has 7 heteroatoms. The summed E-state index contributed by atoms with van der Waals surface area (Å²) < 4.78 is 9.83. The lowest BCUT2D eigenvalue weighted by Crippen LogP contribution is -2.41. The Morgan fingerprint density at radius 1 is 0.957 bits per heavy atom. The van der Waals surface area contributed by atoms with Gasteiger partial charge in [0.1, 0.15) is 11.5 Å². The number of hydrazine groups is 1. The number of rotatable bonds is 3. The molecule has 2 aromatic rings. The fourth-order valence-electron chi connectivity index (χ4n) is 1.98. The normalized spacial score (nSPS) is 10.0. The Bertz CT molecular complexity index is 746. The number of methoxy groups -OCH3 is 1. The number of carbonyl (C=O) groups excluding carboxylic acids is 3. The predicted molar refractivity (Wildman–Crippen MR) is 80.9 cm³/mol. The smallest absolute Gasteiger partial charge is 0.337 e. The number of furan rings is 1. The minimum absolute atomic E-state index is 0.290. The van der Waals surface area contributed by atoms with Crippen LogP contribution in [0.1, 0.15) is 42.6 Å². The zero-order chi connectivity index (χ0) is 17.0. The maximum Gasteiger partial charge on any atom is 0.337 e. The van der Waals surface area contributed by atoms with Crippen LogP contribution in [0.2, 0.25) is 0 Å². The SMILES string of the molecule is COC(=O)c1ccc(C(=O)NNC(=O)c2cc(C)oc2C)cc1. The maximum atomic E-state index is 12.0. The number of nitrogens with one attached hydrogen (secondary N) is 2. The topological polar surface area (TPSA) is 97.6 Å². The van der Waals surface area contributed by atoms with Gasteiger partial charge in [0.2, 0.25) is 0 Å². The van der Waals surface area contributed by atoms with E-state index in [1.165, 1.54) is 31.4 Å². The lowest BCUT2D eigenvalue weighted by molar-refractivity contribution is 0.0600. The van der Waals surface area contributed by atoms with E-state index in [0.29, 0.717) is 22.6 Å². The van der Waals surface area contributed by atoms with Crippen LogP contribution in [0, 0.1) is 13.8 Å². The Kier molecular flexibility index (Phi) is 4.80. The van der Waals surface area contributed by atoms with E-state index in [0.717, 1.165) is 0 Å². The number of hydrogen-bond donors (Lipinski definition) is 2. The predicted octanol–water partition coefficient (Wildman–Crippen LogP) is 1.76. The van der Waals surface area contributed by atoms with Gasteiger partial charge in [0, 0.05) is 5.56 Å². The van der Waals surface area contributed by atoms with Crippen molar-refractivity contribution in [2.45, 2.75) is 13.8 Å². The first-order chi connectivity index (χ1) is 10.9. The molecule has 2 amide bonds. The van der Waals surface area contributed by atoms with Crippen molar-refractivity contribution >= 4 is 17.8 Å². The standard InChI is InChI=1S/C16H16N2O5/c1-9-8-13(10(2)23-9)15(20)18-17-14(19)11-4-6-12(7-5-11)16(21)22-3/h4-8H,1-3H3,(H,17,19)(H,18,20). The van der Waals surface area contributed by atoms with E-state index >= 15 is 0 Å². The minimum atomic E-state index is -0.507. The molecule has 23 heavy (non-hydrogen) atoms. The average molecular weight is 316 g/mol. The number of amides is 2. The summed E-state index contributed by atoms with van der Waals surface area (Å²) in [7, 11) is 1.28. The molecule has 0 aliphatic carbocycles. The molecule has 2 rings (SSSR count). The molecule has 120 valence electrons. The molecular formula is C16H16N2O5. The Morgan fingerprint density at radius 2 is 1.52 bits per heavy atom. The van der Waals surface area contributed by atoms with Crippen molar-refractivity contribution in [3.8, 4) is 0 Å². The summed E-state index contributed by atoms with van der Waals surface area (Å²) in [6.07, 6.45) is 0. The van der Waals surface area contributed by atoms with Gasteiger partial charge >= 0.3 is 5.97 Å². The van der Waals surface area contributed by atoms with Crippen molar-refractivity contribution in [1.82, 2.24) is 10.9 Å². The van der Waals surface area contributed by atoms with E-state index in [1.807, 2.05) is 0 Å². The summed E-state index contributed by atoms with van der Waals surface area (Å²) in [6.45, 7) is 3.39. The molecule has 0 bridgehead atoms. The van der Waals surface area contributed by atoms with Gasteiger partial charge in [-0.2, -0.15) is 0 Å². The molecule has 0 aliphatic rings. The van der Waals surface area contributed by atoms with E-state index in [9.17, 15) is 14.4 Å². The summed E-state index contributed by atoms with van der Waals surface area (Å²) in [5.74, 6) is -0.392. The van der Waals surface area contributed by atoms with Crippen LogP contribution in [-0.2, 0) is 4.74 Å². The molecule has 1 heterocycles. The van der Waals surface area contributed by atoms with Crippen LogP contribution in [0.5, 0.6) is 0 Å². The van der Waals surface area contributed by atoms with Crippen LogP contribution in [0.25, 0.3) is 0 Å². The zero-order valence-corrected chi connectivity index (χ0v) is 12.9. The van der Waals surface area contributed by atoms with E-state index in [-0.39, 0.29) is 5.56 Å². The van der Waals surface area contributed by atoms with Crippen molar-refractivity contribution < 1.29 is 23.5 Å². The van der Waals surface area contributed by atoms with Crippen molar-refractivity contribution in [3.63, 3.8) is 0 Å². The highest BCUT2D eigenvalue weighted by atomic mass is 16.5. The summed E-state index contributed by atoms with van der Waals surface area (Å²) in [5, 5.41) is 0. The second-order valence-corrected chi connectivity index (χ2v) is 4.80. The van der Waals surface area contributed by atoms with Gasteiger partial charge in [-0.05, 0) is 44.2 Å². The van der Waals surface area contributed by atoms with Gasteiger partial charge in [0.05, 0.1) is 18.2 Å². The number of aryl methyl sites for hydroxylation is 2. The molecule has 0 atom stereocenters. The number of esters is 1. The molecule has 0 fully saturated rings. The maximum absolute atomic E-state index is 12.0. The summed E-state index contributed by atoms with van der Waals surface area (Å²) in [6, 6.07) is 7.43. The fraction of sp³-hybridized carbons (Fsp3) is 0.188. The molecule has 7 nitrogen and oxygen atoms in total. The number of hydrogen-bond acceptors (Lipinski definition) is 5. The highest BCUT2D eigenvalue weighted by Crippen LogP contribution is 2.13. The first-order valence-corrected chi connectivity index (χ1v) is 6.78.